The second kappa shape index (κ2) is 10.4. The molecule has 2 fully saturated rings. The molecule has 2 atom stereocenters. The summed E-state index contributed by atoms with van der Waals surface area (Å²) in [6.45, 7) is 7.28. The van der Waals surface area contributed by atoms with Crippen LogP contribution in [0.5, 0.6) is 0 Å². The maximum atomic E-state index is 13.7. The highest BCUT2D eigenvalue weighted by Gasteiger charge is 2.38. The summed E-state index contributed by atoms with van der Waals surface area (Å²) in [5.41, 5.74) is 1.79. The zero-order chi connectivity index (χ0) is 26.0. The Morgan fingerprint density at radius 1 is 1.03 bits per heavy atom. The number of imidazole rings is 2. The van der Waals surface area contributed by atoms with Gasteiger partial charge in [-0.25, -0.2) is 20.0 Å². The van der Waals surface area contributed by atoms with Gasteiger partial charge in [-0.05, 0) is 58.0 Å². The van der Waals surface area contributed by atoms with Gasteiger partial charge in [-0.15, -0.1) is 0 Å². The van der Waals surface area contributed by atoms with Gasteiger partial charge in [0.25, 0.3) is 0 Å². The lowest BCUT2D eigenvalue weighted by atomic mass is 10.1. The number of hydrogen-bond acceptors (Lipinski definition) is 5. The van der Waals surface area contributed by atoms with Crippen LogP contribution in [0.25, 0.3) is 16.8 Å². The lowest BCUT2D eigenvalue weighted by molar-refractivity contribution is -0.140. The number of hydrogen-bond donors (Lipinski definition) is 4. The van der Waals surface area contributed by atoms with Gasteiger partial charge in [0.05, 0.1) is 29.7 Å². The number of H-pyrrole nitrogens is 2. The minimum absolute atomic E-state index is 0.0460. The average Bonchev–Trinajstić information content (AvgIpc) is 3.70. The molecule has 0 aliphatic carbocycles. The van der Waals surface area contributed by atoms with E-state index in [9.17, 15) is 13.2 Å². The predicted octanol–water partition coefficient (Wildman–Crippen LogP) is 5.18. The Morgan fingerprint density at radius 3 is 2.30 bits per heavy atom. The molecule has 194 valence electrons. The topological polar surface area (TPSA) is 106 Å². The van der Waals surface area contributed by atoms with Gasteiger partial charge in [0.15, 0.2) is 11.5 Å². The first-order valence-corrected chi connectivity index (χ1v) is 12.3. The van der Waals surface area contributed by atoms with Crippen LogP contribution in [0.1, 0.15) is 73.3 Å². The Bertz CT molecular complexity index is 1300. The number of benzene rings is 1. The number of nitrogens with zero attached hydrogens (tertiary/aromatic N) is 4. The fraction of sp³-hybridized carbons (Fsp3) is 0.385. The van der Waals surface area contributed by atoms with E-state index in [4.69, 9.17) is 0 Å². The van der Waals surface area contributed by atoms with E-state index in [1.54, 1.807) is 36.7 Å². The zero-order valence-electron chi connectivity index (χ0n) is 20.5. The lowest BCUT2D eigenvalue weighted by Gasteiger charge is -2.07. The van der Waals surface area contributed by atoms with E-state index >= 15 is 0 Å². The molecule has 0 unspecified atom stereocenters. The summed E-state index contributed by atoms with van der Waals surface area (Å²) in [5, 5.41) is 6.60. The first-order valence-electron chi connectivity index (χ1n) is 12.3. The molecule has 2 aromatic heterocycles. The minimum atomic E-state index is -4.57. The van der Waals surface area contributed by atoms with Crippen molar-refractivity contribution in [3.05, 3.63) is 65.3 Å². The molecule has 2 aliphatic rings. The standard InChI is InChI=1S/C26H29F3N8/c1-15(20-14-34-24(35-20)18-5-3-11-31-18)13-33-23(30-2)17-9-7-16(8-10-17)21-22(26(27,28)29)37-25(36-21)19-6-4-12-32-19/h7-10,13-14,18-19,31-32H,2-6,11-12H2,1H3,(H,34,35)(H,36,37)/b15-13+,33-23-/t18-,19-/m0/s1. The Kier molecular flexibility index (Phi) is 7.07. The van der Waals surface area contributed by atoms with Crippen LogP contribution in [-0.4, -0.2) is 45.6 Å². The number of allylic oxidation sites excluding steroid dienone is 1. The fourth-order valence-electron chi connectivity index (χ4n) is 4.74. The molecular weight excluding hydrogens is 481 g/mol. The summed E-state index contributed by atoms with van der Waals surface area (Å²) < 4.78 is 41.2. The molecule has 4 N–H and O–H groups in total. The molecule has 0 bridgehead atoms. The van der Waals surface area contributed by atoms with Gasteiger partial charge in [-0.3, -0.25) is 0 Å². The van der Waals surface area contributed by atoms with Gasteiger partial charge in [0.2, 0.25) is 0 Å². The summed E-state index contributed by atoms with van der Waals surface area (Å²) in [6.07, 6.45) is 2.72. The SMILES string of the molecule is C=N/C(=N\C=C(/C)c1cnc([C@@H]2CCCN2)[nH]1)c1ccc(-c2[nH]c([C@@H]3CCCN3)nc2C(F)(F)F)cc1. The molecule has 0 amide bonds. The number of nitrogens with one attached hydrogen (secondary N) is 4. The Morgan fingerprint density at radius 2 is 1.70 bits per heavy atom. The molecule has 11 heteroatoms. The number of halogens is 3. The number of alkyl halides is 3. The minimum Gasteiger partial charge on any atom is -0.341 e. The average molecular weight is 511 g/mol. The normalized spacial score (nSPS) is 21.1. The number of amidine groups is 1. The van der Waals surface area contributed by atoms with E-state index in [1.165, 1.54) is 0 Å². The van der Waals surface area contributed by atoms with Gasteiger partial charge >= 0.3 is 6.18 Å². The highest BCUT2D eigenvalue weighted by atomic mass is 19.4. The second-order valence-corrected chi connectivity index (χ2v) is 9.32. The summed E-state index contributed by atoms with van der Waals surface area (Å²) in [5.74, 6) is 1.58. The second-order valence-electron chi connectivity index (χ2n) is 9.32. The van der Waals surface area contributed by atoms with Crippen LogP contribution in [0, 0.1) is 0 Å². The maximum Gasteiger partial charge on any atom is 0.435 e. The molecule has 4 heterocycles. The van der Waals surface area contributed by atoms with Crippen molar-refractivity contribution in [1.82, 2.24) is 30.6 Å². The van der Waals surface area contributed by atoms with Crippen LogP contribution in [0.2, 0.25) is 0 Å². The monoisotopic (exact) mass is 510 g/mol. The van der Waals surface area contributed by atoms with Gasteiger partial charge in [-0.1, -0.05) is 24.3 Å². The van der Waals surface area contributed by atoms with E-state index in [-0.39, 0.29) is 17.8 Å². The fourth-order valence-corrected chi connectivity index (χ4v) is 4.74. The third-order valence-corrected chi connectivity index (χ3v) is 6.75. The molecule has 3 aromatic rings. The molecule has 5 rings (SSSR count). The molecule has 1 aromatic carbocycles. The van der Waals surface area contributed by atoms with Gasteiger partial charge < -0.3 is 20.6 Å². The molecule has 2 aliphatic heterocycles. The predicted molar refractivity (Wildman–Crippen MR) is 137 cm³/mol. The van der Waals surface area contributed by atoms with Crippen molar-refractivity contribution < 1.29 is 13.2 Å². The molecule has 0 radical (unpaired) electrons. The van der Waals surface area contributed by atoms with Crippen LogP contribution in [0.15, 0.2) is 46.6 Å². The Hall–Kier alpha value is -3.57. The number of aromatic amines is 2. The van der Waals surface area contributed by atoms with Crippen LogP contribution < -0.4 is 10.6 Å². The van der Waals surface area contributed by atoms with Crippen LogP contribution in [-0.2, 0) is 6.18 Å². The lowest BCUT2D eigenvalue weighted by Crippen LogP contribution is -2.14. The van der Waals surface area contributed by atoms with E-state index in [0.29, 0.717) is 22.8 Å². The van der Waals surface area contributed by atoms with Crippen molar-refractivity contribution in [1.29, 1.82) is 0 Å². The van der Waals surface area contributed by atoms with Crippen molar-refractivity contribution in [2.45, 2.75) is 50.9 Å². The van der Waals surface area contributed by atoms with Crippen molar-refractivity contribution in [2.75, 3.05) is 13.1 Å². The quantitative estimate of drug-likeness (QED) is 0.271. The van der Waals surface area contributed by atoms with Gasteiger partial charge in [0.1, 0.15) is 11.6 Å². The third-order valence-electron chi connectivity index (χ3n) is 6.75. The largest absolute Gasteiger partial charge is 0.435 e. The smallest absolute Gasteiger partial charge is 0.341 e. The highest BCUT2D eigenvalue weighted by molar-refractivity contribution is 6.02. The molecule has 37 heavy (non-hydrogen) atoms. The summed E-state index contributed by atoms with van der Waals surface area (Å²) in [6, 6.07) is 6.62. The first kappa shape index (κ1) is 25.1. The molecule has 0 spiro atoms. The van der Waals surface area contributed by atoms with Crippen molar-refractivity contribution >= 4 is 18.1 Å². The van der Waals surface area contributed by atoms with E-state index in [1.807, 2.05) is 6.92 Å². The summed E-state index contributed by atoms with van der Waals surface area (Å²) >= 11 is 0. The molecule has 2 saturated heterocycles. The van der Waals surface area contributed by atoms with Crippen molar-refractivity contribution in [3.8, 4) is 11.3 Å². The van der Waals surface area contributed by atoms with E-state index in [2.05, 4.69) is 47.3 Å². The third kappa shape index (κ3) is 5.42. The first-order chi connectivity index (χ1) is 17.8. The van der Waals surface area contributed by atoms with Crippen LogP contribution in [0.3, 0.4) is 0 Å². The Labute approximate surface area is 212 Å². The van der Waals surface area contributed by atoms with Crippen LogP contribution in [0.4, 0.5) is 13.2 Å². The van der Waals surface area contributed by atoms with Gasteiger partial charge in [0, 0.05) is 17.3 Å². The zero-order valence-corrected chi connectivity index (χ0v) is 20.5. The molecular formula is C26H29F3N8. The summed E-state index contributed by atoms with van der Waals surface area (Å²) in [4.78, 5) is 23.1. The van der Waals surface area contributed by atoms with Crippen molar-refractivity contribution in [2.24, 2.45) is 9.98 Å². The van der Waals surface area contributed by atoms with Crippen molar-refractivity contribution in [3.63, 3.8) is 0 Å². The number of rotatable bonds is 6. The number of aromatic nitrogens is 4. The van der Waals surface area contributed by atoms with Gasteiger partial charge in [-0.2, -0.15) is 13.2 Å². The van der Waals surface area contributed by atoms with Crippen LogP contribution >= 0.6 is 0 Å². The summed E-state index contributed by atoms with van der Waals surface area (Å²) in [7, 11) is 0. The molecule has 8 nitrogen and oxygen atoms in total. The molecule has 0 saturated carbocycles. The Balaban J connectivity index is 1.37. The number of aliphatic imine (C=N–C) groups is 2. The van der Waals surface area contributed by atoms with E-state index in [0.717, 1.165) is 55.9 Å². The highest BCUT2D eigenvalue weighted by Crippen LogP contribution is 2.37. The van der Waals surface area contributed by atoms with E-state index < -0.39 is 11.9 Å². The maximum absolute atomic E-state index is 13.7.